The van der Waals surface area contributed by atoms with E-state index in [1.807, 2.05) is 0 Å². The largest absolute Gasteiger partial charge is 0.481 e. The van der Waals surface area contributed by atoms with Crippen molar-refractivity contribution in [1.82, 2.24) is 0 Å². The standard InChI is InChI=1S/C20H36O3/c1-2-3-4-5-6-7-8-9-10-11-12-13-16-19(21)17-14-15-18-20(22)23/h19,21H,2-12,14-15,17-18H2,1H3,(H,22,23). The van der Waals surface area contributed by atoms with Crippen LogP contribution in [0.5, 0.6) is 0 Å². The Morgan fingerprint density at radius 2 is 1.43 bits per heavy atom. The summed E-state index contributed by atoms with van der Waals surface area (Å²) in [6.45, 7) is 2.25. The Kier molecular flexibility index (Phi) is 16.6. The minimum atomic E-state index is -0.772. The summed E-state index contributed by atoms with van der Waals surface area (Å²) in [6, 6.07) is 0. The Morgan fingerprint density at radius 1 is 0.870 bits per heavy atom. The molecule has 0 radical (unpaired) electrons. The second-order valence-electron chi connectivity index (χ2n) is 6.41. The highest BCUT2D eigenvalue weighted by atomic mass is 16.4. The first-order chi connectivity index (χ1) is 11.2. The first-order valence-corrected chi connectivity index (χ1v) is 9.55. The molecule has 0 aromatic rings. The van der Waals surface area contributed by atoms with Gasteiger partial charge in [-0.05, 0) is 25.7 Å². The Balaban J connectivity index is 3.29. The normalized spacial score (nSPS) is 11.7. The van der Waals surface area contributed by atoms with Gasteiger partial charge in [0.05, 0.1) is 0 Å². The minimum Gasteiger partial charge on any atom is -0.481 e. The summed E-state index contributed by atoms with van der Waals surface area (Å²) in [5.41, 5.74) is 0. The van der Waals surface area contributed by atoms with Gasteiger partial charge in [-0.15, -0.1) is 5.92 Å². The highest BCUT2D eigenvalue weighted by Gasteiger charge is 2.01. The zero-order valence-electron chi connectivity index (χ0n) is 15.0. The van der Waals surface area contributed by atoms with Gasteiger partial charge in [0.1, 0.15) is 6.10 Å². The van der Waals surface area contributed by atoms with E-state index in [1.54, 1.807) is 0 Å². The molecule has 0 aliphatic carbocycles. The summed E-state index contributed by atoms with van der Waals surface area (Å²) >= 11 is 0. The van der Waals surface area contributed by atoms with E-state index in [0.29, 0.717) is 12.8 Å². The molecule has 23 heavy (non-hydrogen) atoms. The third-order valence-corrected chi connectivity index (χ3v) is 4.04. The molecule has 0 spiro atoms. The van der Waals surface area contributed by atoms with Gasteiger partial charge in [0.2, 0.25) is 0 Å². The molecule has 0 bridgehead atoms. The van der Waals surface area contributed by atoms with Crippen molar-refractivity contribution in [3.8, 4) is 11.8 Å². The molecule has 0 aromatic carbocycles. The number of carbonyl (C=O) groups is 1. The van der Waals surface area contributed by atoms with Crippen LogP contribution in [0.15, 0.2) is 0 Å². The lowest BCUT2D eigenvalue weighted by molar-refractivity contribution is -0.137. The number of carboxylic acids is 1. The van der Waals surface area contributed by atoms with Crippen molar-refractivity contribution in [3.05, 3.63) is 0 Å². The summed E-state index contributed by atoms with van der Waals surface area (Å²) in [4.78, 5) is 10.4. The van der Waals surface area contributed by atoms with E-state index in [4.69, 9.17) is 5.11 Å². The highest BCUT2D eigenvalue weighted by molar-refractivity contribution is 5.66. The van der Waals surface area contributed by atoms with Crippen molar-refractivity contribution in [2.24, 2.45) is 0 Å². The Labute approximate surface area is 142 Å². The van der Waals surface area contributed by atoms with Crippen LogP contribution in [0.25, 0.3) is 0 Å². The van der Waals surface area contributed by atoms with Gasteiger partial charge in [0.15, 0.2) is 0 Å². The predicted molar refractivity (Wildman–Crippen MR) is 96.3 cm³/mol. The van der Waals surface area contributed by atoms with Crippen LogP contribution in [0, 0.1) is 11.8 Å². The maximum atomic E-state index is 10.4. The lowest BCUT2D eigenvalue weighted by Crippen LogP contribution is -2.03. The molecule has 3 nitrogen and oxygen atoms in total. The van der Waals surface area contributed by atoms with Crippen molar-refractivity contribution in [2.75, 3.05) is 0 Å². The van der Waals surface area contributed by atoms with Crippen LogP contribution in [0.3, 0.4) is 0 Å². The highest BCUT2D eigenvalue weighted by Crippen LogP contribution is 2.11. The van der Waals surface area contributed by atoms with Gasteiger partial charge < -0.3 is 10.2 Å². The molecule has 1 unspecified atom stereocenters. The van der Waals surface area contributed by atoms with Gasteiger partial charge in [-0.3, -0.25) is 4.79 Å². The molecule has 0 heterocycles. The molecule has 0 fully saturated rings. The zero-order chi connectivity index (χ0) is 17.2. The van der Waals surface area contributed by atoms with Crippen LogP contribution in [-0.4, -0.2) is 22.3 Å². The number of unbranched alkanes of at least 4 members (excludes halogenated alkanes) is 11. The van der Waals surface area contributed by atoms with E-state index in [-0.39, 0.29) is 6.42 Å². The van der Waals surface area contributed by atoms with Crippen LogP contribution in [0.1, 0.15) is 103 Å². The summed E-state index contributed by atoms with van der Waals surface area (Å²) in [6.07, 6.45) is 15.6. The van der Waals surface area contributed by atoms with Gasteiger partial charge in [-0.2, -0.15) is 0 Å². The molecule has 3 heteroatoms. The number of hydrogen-bond donors (Lipinski definition) is 2. The molecule has 134 valence electrons. The van der Waals surface area contributed by atoms with Crippen LogP contribution >= 0.6 is 0 Å². The lowest BCUT2D eigenvalue weighted by Gasteiger charge is -2.02. The van der Waals surface area contributed by atoms with E-state index in [1.165, 1.54) is 57.8 Å². The number of hydrogen-bond acceptors (Lipinski definition) is 2. The van der Waals surface area contributed by atoms with Crippen LogP contribution in [-0.2, 0) is 4.79 Å². The number of aliphatic carboxylic acids is 1. The van der Waals surface area contributed by atoms with Crippen molar-refractivity contribution >= 4 is 5.97 Å². The second-order valence-corrected chi connectivity index (χ2v) is 6.41. The summed E-state index contributed by atoms with van der Waals surface area (Å²) in [5.74, 6) is 5.13. The topological polar surface area (TPSA) is 57.5 Å². The maximum absolute atomic E-state index is 10.4. The molecule has 0 aliphatic heterocycles. The van der Waals surface area contributed by atoms with Gasteiger partial charge in [0.25, 0.3) is 0 Å². The van der Waals surface area contributed by atoms with Crippen molar-refractivity contribution in [2.45, 2.75) is 109 Å². The molecule has 2 N–H and O–H groups in total. The molecule has 0 amide bonds. The molecule has 0 rings (SSSR count). The Morgan fingerprint density at radius 3 is 2.00 bits per heavy atom. The number of aliphatic hydroxyl groups excluding tert-OH is 1. The van der Waals surface area contributed by atoms with E-state index in [0.717, 1.165) is 19.3 Å². The lowest BCUT2D eigenvalue weighted by atomic mass is 10.1. The quantitative estimate of drug-likeness (QED) is 0.317. The molecular weight excluding hydrogens is 288 g/mol. The van der Waals surface area contributed by atoms with Crippen LogP contribution in [0.4, 0.5) is 0 Å². The average molecular weight is 325 g/mol. The molecule has 0 saturated heterocycles. The van der Waals surface area contributed by atoms with Crippen LogP contribution < -0.4 is 0 Å². The fourth-order valence-electron chi connectivity index (χ4n) is 2.58. The van der Waals surface area contributed by atoms with E-state index < -0.39 is 12.1 Å². The van der Waals surface area contributed by atoms with E-state index in [9.17, 15) is 9.90 Å². The van der Waals surface area contributed by atoms with Crippen molar-refractivity contribution in [3.63, 3.8) is 0 Å². The smallest absolute Gasteiger partial charge is 0.303 e. The van der Waals surface area contributed by atoms with Crippen molar-refractivity contribution in [1.29, 1.82) is 0 Å². The molecular formula is C20H36O3. The first-order valence-electron chi connectivity index (χ1n) is 9.55. The molecule has 0 aliphatic rings. The Bertz CT molecular complexity index is 328. The number of rotatable bonds is 15. The SMILES string of the molecule is CCCCCCCCCCCCC#CC(O)CCCCC(=O)O. The first kappa shape index (κ1) is 22.0. The van der Waals surface area contributed by atoms with Gasteiger partial charge in [-0.25, -0.2) is 0 Å². The fraction of sp³-hybridized carbons (Fsp3) is 0.850. The molecule has 0 saturated carbocycles. The van der Waals surface area contributed by atoms with Gasteiger partial charge >= 0.3 is 5.97 Å². The summed E-state index contributed by atoms with van der Waals surface area (Å²) in [5, 5.41) is 18.2. The summed E-state index contributed by atoms with van der Waals surface area (Å²) in [7, 11) is 0. The van der Waals surface area contributed by atoms with Crippen LogP contribution in [0.2, 0.25) is 0 Å². The van der Waals surface area contributed by atoms with E-state index in [2.05, 4.69) is 18.8 Å². The number of carboxylic acid groups (broad SMARTS) is 1. The average Bonchev–Trinajstić information content (AvgIpc) is 2.52. The predicted octanol–water partition coefficient (Wildman–Crippen LogP) is 5.31. The molecule has 1 atom stereocenters. The van der Waals surface area contributed by atoms with Gasteiger partial charge in [-0.1, -0.05) is 70.6 Å². The second kappa shape index (κ2) is 17.3. The van der Waals surface area contributed by atoms with E-state index >= 15 is 0 Å². The maximum Gasteiger partial charge on any atom is 0.303 e. The monoisotopic (exact) mass is 324 g/mol. The third kappa shape index (κ3) is 18.9. The minimum absolute atomic E-state index is 0.179. The molecule has 0 aromatic heterocycles. The number of aliphatic hydroxyl groups is 1. The third-order valence-electron chi connectivity index (χ3n) is 4.04. The Hall–Kier alpha value is -1.01. The summed E-state index contributed by atoms with van der Waals surface area (Å²) < 4.78 is 0. The zero-order valence-corrected chi connectivity index (χ0v) is 15.0. The van der Waals surface area contributed by atoms with Crippen molar-refractivity contribution < 1.29 is 15.0 Å². The van der Waals surface area contributed by atoms with Gasteiger partial charge in [0, 0.05) is 12.8 Å². The fourth-order valence-corrected chi connectivity index (χ4v) is 2.58.